The molecule has 96 valence electrons. The molecular weight excluding hydrogens is 301 g/mol. The summed E-state index contributed by atoms with van der Waals surface area (Å²) in [7, 11) is 0. The summed E-state index contributed by atoms with van der Waals surface area (Å²) in [6.45, 7) is 2.22. The Morgan fingerprint density at radius 3 is 2.65 bits per heavy atom. The Balaban J connectivity index is 2.11. The molecule has 1 aromatic rings. The highest BCUT2D eigenvalue weighted by atomic mass is 79.9. The maximum absolute atomic E-state index is 12.6. The van der Waals surface area contributed by atoms with Gasteiger partial charge >= 0.3 is 6.18 Å². The highest BCUT2D eigenvalue weighted by Crippen LogP contribution is 2.29. The number of alkyl halides is 4. The van der Waals surface area contributed by atoms with Gasteiger partial charge in [-0.3, -0.25) is 4.90 Å². The lowest BCUT2D eigenvalue weighted by Crippen LogP contribution is -2.36. The first-order valence-corrected chi connectivity index (χ1v) is 6.42. The molecule has 0 saturated carbocycles. The fourth-order valence-electron chi connectivity index (χ4n) is 1.89. The van der Waals surface area contributed by atoms with Crippen LogP contribution in [0.5, 0.6) is 0 Å². The van der Waals surface area contributed by atoms with Crippen molar-refractivity contribution < 1.29 is 13.2 Å². The predicted octanol–water partition coefficient (Wildman–Crippen LogP) is 1.90. The van der Waals surface area contributed by atoms with E-state index in [2.05, 4.69) is 31.0 Å². The summed E-state index contributed by atoms with van der Waals surface area (Å²) in [5.41, 5.74) is 0. The maximum Gasteiger partial charge on any atom is 0.451 e. The molecule has 0 N–H and O–H groups in total. The first kappa shape index (κ1) is 12.8. The number of hydrogen-bond acceptors (Lipinski definition) is 3. The summed E-state index contributed by atoms with van der Waals surface area (Å²) in [5.74, 6) is -0.481. The zero-order valence-corrected chi connectivity index (χ0v) is 10.6. The van der Waals surface area contributed by atoms with Crippen LogP contribution in [0.15, 0.2) is 0 Å². The molecule has 0 aliphatic carbocycles. The molecule has 0 amide bonds. The third kappa shape index (κ3) is 2.79. The average Bonchev–Trinajstić information content (AvgIpc) is 2.68. The van der Waals surface area contributed by atoms with Crippen molar-refractivity contribution in [1.82, 2.24) is 19.7 Å². The minimum atomic E-state index is -4.41. The van der Waals surface area contributed by atoms with Gasteiger partial charge in [0, 0.05) is 18.4 Å². The minimum Gasteiger partial charge on any atom is -0.305 e. The first-order valence-electron chi connectivity index (χ1n) is 5.30. The van der Waals surface area contributed by atoms with Gasteiger partial charge in [-0.25, -0.2) is 0 Å². The predicted molar refractivity (Wildman–Crippen MR) is 58.7 cm³/mol. The lowest BCUT2D eigenvalue weighted by atomic mass is 10.3. The molecule has 0 saturated heterocycles. The molecule has 0 unspecified atom stereocenters. The van der Waals surface area contributed by atoms with E-state index in [0.29, 0.717) is 25.5 Å². The first-order chi connectivity index (χ1) is 8.02. The molecular formula is C9H12BrF3N4. The van der Waals surface area contributed by atoms with E-state index in [-0.39, 0.29) is 0 Å². The summed E-state index contributed by atoms with van der Waals surface area (Å²) in [6, 6.07) is 0. The van der Waals surface area contributed by atoms with E-state index in [4.69, 9.17) is 0 Å². The van der Waals surface area contributed by atoms with Gasteiger partial charge in [0.25, 0.3) is 0 Å². The van der Waals surface area contributed by atoms with Crippen LogP contribution in [0, 0.1) is 0 Å². The highest BCUT2D eigenvalue weighted by Gasteiger charge is 2.39. The van der Waals surface area contributed by atoms with Crippen LogP contribution >= 0.6 is 15.9 Å². The van der Waals surface area contributed by atoms with Crippen LogP contribution in [-0.2, 0) is 19.3 Å². The van der Waals surface area contributed by atoms with Crippen molar-refractivity contribution >= 4 is 15.9 Å². The van der Waals surface area contributed by atoms with Gasteiger partial charge in [0.05, 0.1) is 6.54 Å². The van der Waals surface area contributed by atoms with Crippen LogP contribution in [-0.4, -0.2) is 38.1 Å². The molecule has 1 aliphatic heterocycles. The Kier molecular flexibility index (Phi) is 3.72. The monoisotopic (exact) mass is 312 g/mol. The minimum absolute atomic E-state index is 0.305. The molecule has 0 atom stereocenters. The SMILES string of the molecule is FC(F)(F)c1nnc2n1CCN(CCCBr)C2. The lowest BCUT2D eigenvalue weighted by Gasteiger charge is -2.27. The topological polar surface area (TPSA) is 34.0 Å². The van der Waals surface area contributed by atoms with Gasteiger partial charge in [-0.15, -0.1) is 10.2 Å². The lowest BCUT2D eigenvalue weighted by molar-refractivity contribution is -0.148. The standard InChI is InChI=1S/C9H12BrF3N4/c10-2-1-3-16-4-5-17-7(6-16)14-15-8(17)9(11,12)13/h1-6H2. The van der Waals surface area contributed by atoms with E-state index in [1.165, 1.54) is 4.57 Å². The van der Waals surface area contributed by atoms with Crippen molar-refractivity contribution in [2.24, 2.45) is 0 Å². The van der Waals surface area contributed by atoms with Gasteiger partial charge in [0.15, 0.2) is 0 Å². The largest absolute Gasteiger partial charge is 0.451 e. The number of aromatic nitrogens is 3. The fourth-order valence-corrected chi connectivity index (χ4v) is 2.14. The molecule has 2 heterocycles. The Labute approximate surface area is 105 Å². The second kappa shape index (κ2) is 4.93. The second-order valence-corrected chi connectivity index (χ2v) is 4.70. The maximum atomic E-state index is 12.6. The molecule has 0 spiro atoms. The zero-order chi connectivity index (χ0) is 12.5. The molecule has 17 heavy (non-hydrogen) atoms. The van der Waals surface area contributed by atoms with Gasteiger partial charge < -0.3 is 4.57 Å². The van der Waals surface area contributed by atoms with Crippen LogP contribution in [0.2, 0.25) is 0 Å². The summed E-state index contributed by atoms with van der Waals surface area (Å²) < 4.78 is 38.9. The Hall–Kier alpha value is -0.630. The molecule has 8 heteroatoms. The van der Waals surface area contributed by atoms with Crippen molar-refractivity contribution in [2.75, 3.05) is 18.4 Å². The van der Waals surface area contributed by atoms with E-state index >= 15 is 0 Å². The third-order valence-electron chi connectivity index (χ3n) is 2.69. The van der Waals surface area contributed by atoms with Gasteiger partial charge in [-0.05, 0) is 13.0 Å². The van der Waals surface area contributed by atoms with Crippen LogP contribution in [0.1, 0.15) is 18.1 Å². The summed E-state index contributed by atoms with van der Waals surface area (Å²) in [6.07, 6.45) is -3.44. The molecule has 0 aromatic carbocycles. The van der Waals surface area contributed by atoms with Crippen LogP contribution in [0.25, 0.3) is 0 Å². The van der Waals surface area contributed by atoms with Crippen molar-refractivity contribution in [3.63, 3.8) is 0 Å². The number of fused-ring (bicyclic) bond motifs is 1. The number of rotatable bonds is 3. The van der Waals surface area contributed by atoms with Gasteiger partial charge in [-0.2, -0.15) is 13.2 Å². The number of halogens is 4. The molecule has 4 nitrogen and oxygen atoms in total. The van der Waals surface area contributed by atoms with Crippen molar-refractivity contribution in [1.29, 1.82) is 0 Å². The molecule has 1 aliphatic rings. The molecule has 0 fully saturated rings. The molecule has 1 aromatic heterocycles. The zero-order valence-electron chi connectivity index (χ0n) is 9.04. The van der Waals surface area contributed by atoms with E-state index in [1.807, 2.05) is 0 Å². The molecule has 0 bridgehead atoms. The molecule has 2 rings (SSSR count). The van der Waals surface area contributed by atoms with Crippen LogP contribution < -0.4 is 0 Å². The Morgan fingerprint density at radius 2 is 2.00 bits per heavy atom. The Bertz CT molecular complexity index is 390. The van der Waals surface area contributed by atoms with Crippen LogP contribution in [0.4, 0.5) is 13.2 Å². The fraction of sp³-hybridized carbons (Fsp3) is 0.778. The second-order valence-electron chi connectivity index (χ2n) is 3.91. The Morgan fingerprint density at radius 1 is 1.24 bits per heavy atom. The number of nitrogens with zero attached hydrogens (tertiary/aromatic N) is 4. The number of hydrogen-bond donors (Lipinski definition) is 0. The molecule has 0 radical (unpaired) electrons. The summed E-state index contributed by atoms with van der Waals surface area (Å²) in [5, 5.41) is 7.75. The van der Waals surface area contributed by atoms with E-state index in [1.54, 1.807) is 0 Å². The van der Waals surface area contributed by atoms with E-state index < -0.39 is 12.0 Å². The van der Waals surface area contributed by atoms with Gasteiger partial charge in [-0.1, -0.05) is 15.9 Å². The van der Waals surface area contributed by atoms with E-state index in [9.17, 15) is 13.2 Å². The van der Waals surface area contributed by atoms with E-state index in [0.717, 1.165) is 18.3 Å². The third-order valence-corrected chi connectivity index (χ3v) is 3.25. The highest BCUT2D eigenvalue weighted by molar-refractivity contribution is 9.09. The average molecular weight is 313 g/mol. The normalized spacial score (nSPS) is 17.2. The van der Waals surface area contributed by atoms with Crippen LogP contribution in [0.3, 0.4) is 0 Å². The van der Waals surface area contributed by atoms with Crippen molar-refractivity contribution in [2.45, 2.75) is 25.7 Å². The summed E-state index contributed by atoms with van der Waals surface area (Å²) in [4.78, 5) is 2.09. The van der Waals surface area contributed by atoms with Crippen molar-refractivity contribution in [3.8, 4) is 0 Å². The smallest absolute Gasteiger partial charge is 0.305 e. The quantitative estimate of drug-likeness (QED) is 0.799. The van der Waals surface area contributed by atoms with Crippen molar-refractivity contribution in [3.05, 3.63) is 11.6 Å². The van der Waals surface area contributed by atoms with Gasteiger partial charge in [0.1, 0.15) is 5.82 Å². The summed E-state index contributed by atoms with van der Waals surface area (Å²) >= 11 is 3.33. The van der Waals surface area contributed by atoms with Gasteiger partial charge in [0.2, 0.25) is 5.82 Å².